The number of esters is 3. The first-order valence-corrected chi connectivity index (χ1v) is 17.5. The van der Waals surface area contributed by atoms with E-state index in [1.54, 1.807) is 24.3 Å². The average Bonchev–Trinajstić information content (AvgIpc) is 3.10. The number of rotatable bonds is 17. The molecular weight excluding hydrogens is 594 g/mol. The zero-order valence-corrected chi connectivity index (χ0v) is 27.9. The van der Waals surface area contributed by atoms with E-state index in [9.17, 15) is 14.4 Å². The summed E-state index contributed by atoms with van der Waals surface area (Å²) in [4.78, 5) is 36.9. The van der Waals surface area contributed by atoms with Crippen LogP contribution in [0.2, 0.25) is 0 Å². The van der Waals surface area contributed by atoms with Crippen LogP contribution in [0.4, 0.5) is 0 Å². The molecule has 2 fully saturated rings. The molecule has 0 heterocycles. The fourth-order valence-electron chi connectivity index (χ4n) is 6.76. The number of nitrogens with one attached hydrogen (secondary N) is 1. The van der Waals surface area contributed by atoms with Gasteiger partial charge in [0.15, 0.2) is 0 Å². The standard InChI is InChI=1S/C39H51NO7/c1-3-9-28-10-12-29(13-11-28)32-18-23-36(33(26-32)27-40)47-39(43)31-16-14-30(15-17-31)38(42)46-35-21-19-34(20-22-35)44-24-7-5-6-8-25-45-37(41)4-2/h4,18-23,26-31,40H,2-3,5-17,24-25H2,1H3. The first-order valence-electron chi connectivity index (χ1n) is 17.5. The highest BCUT2D eigenvalue weighted by molar-refractivity contribution is 5.85. The zero-order valence-electron chi connectivity index (χ0n) is 27.9. The summed E-state index contributed by atoms with van der Waals surface area (Å²) in [5.41, 5.74) is 1.87. The molecule has 0 saturated heterocycles. The monoisotopic (exact) mass is 645 g/mol. The molecule has 0 aromatic heterocycles. The van der Waals surface area contributed by atoms with E-state index in [-0.39, 0.29) is 23.8 Å². The fraction of sp³-hybridized carbons (Fsp3) is 0.538. The van der Waals surface area contributed by atoms with Gasteiger partial charge in [0, 0.05) is 17.9 Å². The molecule has 0 spiro atoms. The Morgan fingerprint density at radius 3 is 2.02 bits per heavy atom. The summed E-state index contributed by atoms with van der Waals surface area (Å²) in [7, 11) is 0. The molecule has 2 aliphatic carbocycles. The van der Waals surface area contributed by atoms with E-state index in [2.05, 4.69) is 19.6 Å². The molecule has 47 heavy (non-hydrogen) atoms. The van der Waals surface area contributed by atoms with Gasteiger partial charge in [-0.25, -0.2) is 4.79 Å². The quantitative estimate of drug-likeness (QED) is 0.0602. The topological polar surface area (TPSA) is 112 Å². The normalized spacial score (nSPS) is 20.9. The number of hydrogen-bond acceptors (Lipinski definition) is 8. The van der Waals surface area contributed by atoms with Crippen LogP contribution in [0.15, 0.2) is 55.1 Å². The molecule has 2 saturated carbocycles. The lowest BCUT2D eigenvalue weighted by Crippen LogP contribution is -2.30. The Kier molecular flexibility index (Phi) is 14.5. The minimum atomic E-state index is -0.391. The summed E-state index contributed by atoms with van der Waals surface area (Å²) >= 11 is 0. The second kappa shape index (κ2) is 19.0. The van der Waals surface area contributed by atoms with Crippen molar-refractivity contribution in [3.63, 3.8) is 0 Å². The van der Waals surface area contributed by atoms with Crippen molar-refractivity contribution in [3.8, 4) is 17.2 Å². The Balaban J connectivity index is 1.14. The minimum Gasteiger partial charge on any atom is -0.494 e. The predicted molar refractivity (Wildman–Crippen MR) is 182 cm³/mol. The highest BCUT2D eigenvalue weighted by Gasteiger charge is 2.32. The first-order chi connectivity index (χ1) is 22.9. The van der Waals surface area contributed by atoms with Crippen LogP contribution >= 0.6 is 0 Å². The lowest BCUT2D eigenvalue weighted by atomic mass is 9.77. The summed E-state index contributed by atoms with van der Waals surface area (Å²) < 4.78 is 22.2. The zero-order chi connectivity index (χ0) is 33.4. The van der Waals surface area contributed by atoms with Gasteiger partial charge in [-0.15, -0.1) is 0 Å². The van der Waals surface area contributed by atoms with Gasteiger partial charge in [0.2, 0.25) is 0 Å². The highest BCUT2D eigenvalue weighted by Crippen LogP contribution is 2.39. The number of ether oxygens (including phenoxy) is 4. The second-order valence-electron chi connectivity index (χ2n) is 12.9. The van der Waals surface area contributed by atoms with E-state index in [0.717, 1.165) is 31.6 Å². The lowest BCUT2D eigenvalue weighted by molar-refractivity contribution is -0.145. The second-order valence-corrected chi connectivity index (χ2v) is 12.9. The molecule has 4 rings (SSSR count). The maximum absolute atomic E-state index is 13.1. The van der Waals surface area contributed by atoms with Gasteiger partial charge in [-0.3, -0.25) is 9.59 Å². The molecule has 1 N–H and O–H groups in total. The van der Waals surface area contributed by atoms with Crippen LogP contribution in [-0.4, -0.2) is 37.3 Å². The minimum absolute atomic E-state index is 0.265. The molecule has 2 aromatic rings. The lowest BCUT2D eigenvalue weighted by Gasteiger charge is -2.29. The predicted octanol–water partition coefficient (Wildman–Crippen LogP) is 8.74. The van der Waals surface area contributed by atoms with Gasteiger partial charge in [0.1, 0.15) is 17.2 Å². The van der Waals surface area contributed by atoms with E-state index in [4.69, 9.17) is 24.4 Å². The van der Waals surface area contributed by atoms with Gasteiger partial charge in [-0.1, -0.05) is 32.4 Å². The third kappa shape index (κ3) is 11.4. The molecule has 0 bridgehead atoms. The van der Waals surface area contributed by atoms with Crippen molar-refractivity contribution in [3.05, 3.63) is 66.2 Å². The first kappa shape index (κ1) is 35.9. The van der Waals surface area contributed by atoms with E-state index in [1.807, 2.05) is 12.1 Å². The molecule has 254 valence electrons. The molecule has 0 amide bonds. The molecule has 0 radical (unpaired) electrons. The van der Waals surface area contributed by atoms with Gasteiger partial charge < -0.3 is 24.4 Å². The van der Waals surface area contributed by atoms with Gasteiger partial charge in [-0.2, -0.15) is 0 Å². The largest absolute Gasteiger partial charge is 0.494 e. The summed E-state index contributed by atoms with van der Waals surface area (Å²) in [5, 5.41) is 7.94. The van der Waals surface area contributed by atoms with Crippen molar-refractivity contribution in [2.75, 3.05) is 13.2 Å². The molecular formula is C39H51NO7. The maximum atomic E-state index is 13.1. The number of benzene rings is 2. The van der Waals surface area contributed by atoms with Crippen LogP contribution in [0.1, 0.15) is 114 Å². The maximum Gasteiger partial charge on any atom is 0.330 e. The molecule has 8 heteroatoms. The van der Waals surface area contributed by atoms with Gasteiger partial charge in [-0.05, 0) is 131 Å². The van der Waals surface area contributed by atoms with Crippen LogP contribution in [-0.2, 0) is 19.1 Å². The molecule has 0 atom stereocenters. The number of unbranched alkanes of at least 4 members (excludes halogenated alkanes) is 3. The van der Waals surface area contributed by atoms with Crippen LogP contribution in [0.25, 0.3) is 0 Å². The SMILES string of the molecule is C=CC(=O)OCCCCCCOc1ccc(OC(=O)C2CCC(C(=O)Oc3ccc(C4CCC(CCC)CC4)cc3C=N)CC2)cc1. The third-order valence-electron chi connectivity index (χ3n) is 9.57. The van der Waals surface area contributed by atoms with E-state index in [1.165, 1.54) is 56.4 Å². The Bertz CT molecular complexity index is 1320. The van der Waals surface area contributed by atoms with Crippen LogP contribution < -0.4 is 14.2 Å². The van der Waals surface area contributed by atoms with Crippen molar-refractivity contribution in [2.45, 2.75) is 103 Å². The average molecular weight is 646 g/mol. The van der Waals surface area contributed by atoms with E-state index < -0.39 is 5.97 Å². The Labute approximate surface area is 279 Å². The smallest absolute Gasteiger partial charge is 0.330 e. The molecule has 2 aromatic carbocycles. The Morgan fingerprint density at radius 1 is 0.787 bits per heavy atom. The molecule has 8 nitrogen and oxygen atoms in total. The van der Waals surface area contributed by atoms with E-state index in [0.29, 0.717) is 67.6 Å². The van der Waals surface area contributed by atoms with Crippen molar-refractivity contribution in [1.29, 1.82) is 5.41 Å². The van der Waals surface area contributed by atoms with Crippen molar-refractivity contribution >= 4 is 24.1 Å². The van der Waals surface area contributed by atoms with Crippen LogP contribution in [0, 0.1) is 23.2 Å². The van der Waals surface area contributed by atoms with Crippen molar-refractivity contribution in [2.24, 2.45) is 17.8 Å². The van der Waals surface area contributed by atoms with Crippen LogP contribution in [0.3, 0.4) is 0 Å². The van der Waals surface area contributed by atoms with Crippen LogP contribution in [0.5, 0.6) is 17.2 Å². The molecule has 2 aliphatic rings. The number of carbonyl (C=O) groups excluding carboxylic acids is 3. The fourth-order valence-corrected chi connectivity index (χ4v) is 6.76. The summed E-state index contributed by atoms with van der Waals surface area (Å²) in [6.45, 7) is 6.61. The number of carbonyl (C=O) groups is 3. The Hall–Kier alpha value is -3.94. The summed E-state index contributed by atoms with van der Waals surface area (Å²) in [5.74, 6) is 1.44. The van der Waals surface area contributed by atoms with Crippen molar-refractivity contribution < 1.29 is 33.3 Å². The summed E-state index contributed by atoms with van der Waals surface area (Å²) in [6, 6.07) is 13.0. The van der Waals surface area contributed by atoms with Gasteiger partial charge in [0.05, 0.1) is 25.0 Å². The van der Waals surface area contributed by atoms with Gasteiger partial charge in [0.25, 0.3) is 0 Å². The summed E-state index contributed by atoms with van der Waals surface area (Å²) in [6.07, 6.45) is 15.7. The Morgan fingerprint density at radius 2 is 1.40 bits per heavy atom. The third-order valence-corrected chi connectivity index (χ3v) is 9.57. The van der Waals surface area contributed by atoms with Crippen molar-refractivity contribution in [1.82, 2.24) is 0 Å². The highest BCUT2D eigenvalue weighted by atomic mass is 16.5. The molecule has 0 aliphatic heterocycles. The van der Waals surface area contributed by atoms with Gasteiger partial charge >= 0.3 is 17.9 Å². The molecule has 0 unspecified atom stereocenters. The number of hydrogen-bond donors (Lipinski definition) is 1. The van der Waals surface area contributed by atoms with E-state index >= 15 is 0 Å².